The van der Waals surface area contributed by atoms with E-state index in [4.69, 9.17) is 23.2 Å². The van der Waals surface area contributed by atoms with E-state index in [1.165, 1.54) is 12.1 Å². The van der Waals surface area contributed by atoms with Gasteiger partial charge in [-0.2, -0.15) is 0 Å². The fraction of sp³-hybridized carbons (Fsp3) is 0.200. The smallest absolute Gasteiger partial charge is 0.243 e. The molecule has 1 heterocycles. The molecule has 1 amide bonds. The maximum atomic E-state index is 13.1. The normalized spacial score (nSPS) is 12.7. The summed E-state index contributed by atoms with van der Waals surface area (Å²) in [6.07, 6.45) is 0. The van der Waals surface area contributed by atoms with Gasteiger partial charge in [0.25, 0.3) is 0 Å². The Kier molecular flexibility index (Phi) is 3.51. The van der Waals surface area contributed by atoms with E-state index in [2.05, 4.69) is 10.3 Å². The van der Waals surface area contributed by atoms with Crippen LogP contribution in [0.5, 0.6) is 0 Å². The van der Waals surface area contributed by atoms with Crippen molar-refractivity contribution in [2.75, 3.05) is 5.32 Å². The van der Waals surface area contributed by atoms with Crippen molar-refractivity contribution in [2.45, 2.75) is 12.3 Å². The zero-order valence-corrected chi connectivity index (χ0v) is 11.0. The second-order valence-corrected chi connectivity index (χ2v) is 5.45. The van der Waals surface area contributed by atoms with Crippen molar-refractivity contribution < 1.29 is 9.18 Å². The van der Waals surface area contributed by atoms with E-state index in [0.29, 0.717) is 15.3 Å². The van der Waals surface area contributed by atoms with Gasteiger partial charge >= 0.3 is 0 Å². The van der Waals surface area contributed by atoms with Crippen LogP contribution in [0.15, 0.2) is 12.1 Å². The minimum Gasteiger partial charge on any atom is -0.301 e. The van der Waals surface area contributed by atoms with Crippen molar-refractivity contribution in [2.24, 2.45) is 0 Å². The summed E-state index contributed by atoms with van der Waals surface area (Å²) >= 11 is 12.6. The zero-order valence-electron chi connectivity index (χ0n) is 8.63. The molecule has 0 unspecified atom stereocenters. The Bertz CT molecular complexity index is 585. The second-order valence-electron chi connectivity index (χ2n) is 3.36. The molecule has 0 radical (unpaired) electrons. The maximum Gasteiger partial charge on any atom is 0.243 e. The van der Waals surface area contributed by atoms with E-state index >= 15 is 0 Å². The third-order valence-electron chi connectivity index (χ3n) is 2.00. The van der Waals surface area contributed by atoms with E-state index in [0.717, 1.165) is 11.3 Å². The number of halogens is 3. The van der Waals surface area contributed by atoms with Gasteiger partial charge in [0.1, 0.15) is 16.7 Å². The average Bonchev–Trinajstić information content (AvgIpc) is 2.60. The van der Waals surface area contributed by atoms with Crippen LogP contribution < -0.4 is 5.32 Å². The van der Waals surface area contributed by atoms with Gasteiger partial charge < -0.3 is 5.32 Å². The number of benzene rings is 1. The Morgan fingerprint density at radius 3 is 2.94 bits per heavy atom. The summed E-state index contributed by atoms with van der Waals surface area (Å²) in [5, 5.41) is 2.44. The minimum absolute atomic E-state index is 0.218. The predicted octanol–water partition coefficient (Wildman–Crippen LogP) is 3.65. The highest BCUT2D eigenvalue weighted by Gasteiger charge is 2.14. The van der Waals surface area contributed by atoms with Crippen LogP contribution >= 0.6 is 34.5 Å². The monoisotopic (exact) mass is 292 g/mol. The number of carbonyl (C=O) groups excluding carboxylic acids is 1. The van der Waals surface area contributed by atoms with Crippen molar-refractivity contribution >= 4 is 55.8 Å². The van der Waals surface area contributed by atoms with E-state index in [9.17, 15) is 9.18 Å². The van der Waals surface area contributed by atoms with E-state index < -0.39 is 11.2 Å². The molecule has 0 spiro atoms. The fourth-order valence-corrected chi connectivity index (χ4v) is 2.50. The van der Waals surface area contributed by atoms with Crippen molar-refractivity contribution in [3.8, 4) is 0 Å². The lowest BCUT2D eigenvalue weighted by atomic mass is 10.3. The maximum absolute atomic E-state index is 13.1. The van der Waals surface area contributed by atoms with Gasteiger partial charge in [-0.1, -0.05) is 22.9 Å². The van der Waals surface area contributed by atoms with E-state index in [-0.39, 0.29) is 10.9 Å². The molecule has 2 rings (SSSR count). The van der Waals surface area contributed by atoms with Gasteiger partial charge in [0.2, 0.25) is 5.91 Å². The summed E-state index contributed by atoms with van der Waals surface area (Å²) in [4.78, 5) is 15.5. The fourth-order valence-electron chi connectivity index (χ4n) is 1.22. The molecule has 3 nitrogen and oxygen atoms in total. The largest absolute Gasteiger partial charge is 0.301 e. The van der Waals surface area contributed by atoms with Crippen LogP contribution in [0.2, 0.25) is 5.02 Å². The Morgan fingerprint density at radius 1 is 1.59 bits per heavy atom. The van der Waals surface area contributed by atoms with Gasteiger partial charge in [0, 0.05) is 0 Å². The Balaban J connectivity index is 2.38. The standard InChI is InChI=1S/C10H7Cl2FN2OS/c1-4(11)9(16)15-10-14-8-6(12)2-5(13)3-7(8)17-10/h2-4H,1H3,(H,14,15,16)/t4-/m1/s1. The highest BCUT2D eigenvalue weighted by Crippen LogP contribution is 2.31. The van der Waals surface area contributed by atoms with E-state index in [1.807, 2.05) is 0 Å². The summed E-state index contributed by atoms with van der Waals surface area (Å²) in [7, 11) is 0. The van der Waals surface area contributed by atoms with Crippen LogP contribution in [0.25, 0.3) is 10.2 Å². The SMILES string of the molecule is C[C@@H](Cl)C(=O)Nc1nc2c(Cl)cc(F)cc2s1. The van der Waals surface area contributed by atoms with Crippen LogP contribution in [0, 0.1) is 5.82 Å². The first-order chi connectivity index (χ1) is 7.97. The van der Waals surface area contributed by atoms with Crippen LogP contribution in [0.1, 0.15) is 6.92 Å². The number of hydrogen-bond acceptors (Lipinski definition) is 3. The molecule has 1 N–H and O–H groups in total. The number of carbonyl (C=O) groups is 1. The lowest BCUT2D eigenvalue weighted by Gasteiger charge is -2.01. The molecule has 0 saturated carbocycles. The second kappa shape index (κ2) is 4.76. The lowest BCUT2D eigenvalue weighted by Crippen LogP contribution is -2.19. The van der Waals surface area contributed by atoms with Crippen LogP contribution in [-0.2, 0) is 4.79 Å². The third-order valence-corrected chi connectivity index (χ3v) is 3.41. The summed E-state index contributed by atoms with van der Waals surface area (Å²) in [5.41, 5.74) is 0.468. The summed E-state index contributed by atoms with van der Waals surface area (Å²) in [6.45, 7) is 1.55. The molecule has 0 bridgehead atoms. The van der Waals surface area contributed by atoms with Gasteiger partial charge in [-0.05, 0) is 19.1 Å². The molecule has 1 atom stereocenters. The molecule has 2 aromatic rings. The molecule has 0 fully saturated rings. The Hall–Kier alpha value is -0.910. The number of fused-ring (bicyclic) bond motifs is 1. The number of anilines is 1. The molecule has 17 heavy (non-hydrogen) atoms. The van der Waals surface area contributed by atoms with Crippen LogP contribution in [0.4, 0.5) is 9.52 Å². The molecule has 90 valence electrons. The number of nitrogens with zero attached hydrogens (tertiary/aromatic N) is 1. The number of rotatable bonds is 2. The number of alkyl halides is 1. The first-order valence-corrected chi connectivity index (χ1v) is 6.31. The quantitative estimate of drug-likeness (QED) is 0.859. The van der Waals surface area contributed by atoms with Crippen molar-refractivity contribution in [3.05, 3.63) is 23.0 Å². The van der Waals surface area contributed by atoms with Crippen molar-refractivity contribution in [1.29, 1.82) is 0 Å². The average molecular weight is 293 g/mol. The van der Waals surface area contributed by atoms with Gasteiger partial charge in [-0.15, -0.1) is 11.6 Å². The van der Waals surface area contributed by atoms with Crippen LogP contribution in [0.3, 0.4) is 0 Å². The molecule has 0 aliphatic heterocycles. The number of nitrogens with one attached hydrogen (secondary N) is 1. The summed E-state index contributed by atoms with van der Waals surface area (Å²) < 4.78 is 13.7. The molecule has 0 aliphatic carbocycles. The Labute approximate surface area is 111 Å². The molecule has 1 aromatic carbocycles. The van der Waals surface area contributed by atoms with Crippen LogP contribution in [-0.4, -0.2) is 16.3 Å². The molecule has 7 heteroatoms. The van der Waals surface area contributed by atoms with Gasteiger partial charge in [0.15, 0.2) is 5.13 Å². The lowest BCUT2D eigenvalue weighted by molar-refractivity contribution is -0.115. The summed E-state index contributed by atoms with van der Waals surface area (Å²) in [5.74, 6) is -0.794. The first-order valence-electron chi connectivity index (χ1n) is 4.68. The molecule has 0 saturated heterocycles. The highest BCUT2D eigenvalue weighted by atomic mass is 35.5. The molecule has 0 aliphatic rings. The topological polar surface area (TPSA) is 42.0 Å². The molecular formula is C10H7Cl2FN2OS. The number of hydrogen-bond donors (Lipinski definition) is 1. The number of amides is 1. The number of aromatic nitrogens is 1. The minimum atomic E-state index is -0.658. The highest BCUT2D eigenvalue weighted by molar-refractivity contribution is 7.22. The molecule has 1 aromatic heterocycles. The van der Waals surface area contributed by atoms with Gasteiger partial charge in [-0.3, -0.25) is 4.79 Å². The summed E-state index contributed by atoms with van der Waals surface area (Å²) in [6, 6.07) is 2.50. The first kappa shape index (κ1) is 12.5. The zero-order chi connectivity index (χ0) is 12.6. The molecular weight excluding hydrogens is 286 g/mol. The van der Waals surface area contributed by atoms with E-state index in [1.54, 1.807) is 6.92 Å². The third kappa shape index (κ3) is 2.68. The van der Waals surface area contributed by atoms with Gasteiger partial charge in [0.05, 0.1) is 9.72 Å². The van der Waals surface area contributed by atoms with Crippen molar-refractivity contribution in [1.82, 2.24) is 4.98 Å². The predicted molar refractivity (Wildman–Crippen MR) is 68.5 cm³/mol. The van der Waals surface area contributed by atoms with Crippen molar-refractivity contribution in [3.63, 3.8) is 0 Å². The van der Waals surface area contributed by atoms with Gasteiger partial charge in [-0.25, -0.2) is 9.37 Å². The number of thiazole rings is 1. The Morgan fingerprint density at radius 2 is 2.29 bits per heavy atom.